The Hall–Kier alpha value is -2.09. The molecule has 0 aromatic heterocycles. The summed E-state index contributed by atoms with van der Waals surface area (Å²) >= 11 is 0. The highest BCUT2D eigenvalue weighted by Crippen LogP contribution is 2.25. The summed E-state index contributed by atoms with van der Waals surface area (Å²) in [4.78, 5) is 13.8. The molecule has 0 spiro atoms. The Kier molecular flexibility index (Phi) is 5.98. The minimum absolute atomic E-state index is 0.0344. The van der Waals surface area contributed by atoms with Crippen LogP contribution in [-0.4, -0.2) is 24.9 Å². The molecule has 2 heteroatoms. The first-order valence-electron chi connectivity index (χ1n) is 6.97. The smallest absolute Gasteiger partial charge is 0.253 e. The molecular formula is C18H23NO. The molecule has 0 atom stereocenters. The summed E-state index contributed by atoms with van der Waals surface area (Å²) in [6, 6.07) is 15.9. The molecule has 2 rings (SSSR count). The molecule has 1 amide bonds. The third-order valence-corrected chi connectivity index (χ3v) is 2.89. The molecule has 0 aliphatic rings. The fraction of sp³-hybridized carbons (Fsp3) is 0.278. The van der Waals surface area contributed by atoms with Crippen LogP contribution in [0.2, 0.25) is 0 Å². The predicted molar refractivity (Wildman–Crippen MR) is 86.0 cm³/mol. The van der Waals surface area contributed by atoms with E-state index < -0.39 is 0 Å². The normalized spacial score (nSPS) is 9.45. The van der Waals surface area contributed by atoms with E-state index in [1.54, 1.807) is 19.0 Å². The number of nitrogens with zero attached hydrogens (tertiary/aromatic N) is 1. The van der Waals surface area contributed by atoms with Gasteiger partial charge in [0.2, 0.25) is 0 Å². The van der Waals surface area contributed by atoms with Gasteiger partial charge in [-0.2, -0.15) is 0 Å². The molecule has 106 valence electrons. The van der Waals surface area contributed by atoms with E-state index in [-0.39, 0.29) is 5.91 Å². The first-order valence-corrected chi connectivity index (χ1v) is 6.97. The highest BCUT2D eigenvalue weighted by Gasteiger charge is 2.13. The number of hydrogen-bond acceptors (Lipinski definition) is 1. The van der Waals surface area contributed by atoms with Crippen molar-refractivity contribution in [2.45, 2.75) is 20.8 Å². The quantitative estimate of drug-likeness (QED) is 0.791. The second-order valence-corrected chi connectivity index (χ2v) is 4.61. The summed E-state index contributed by atoms with van der Waals surface area (Å²) in [6.07, 6.45) is 0. The van der Waals surface area contributed by atoms with Crippen LogP contribution < -0.4 is 0 Å². The van der Waals surface area contributed by atoms with Crippen molar-refractivity contribution in [3.8, 4) is 11.1 Å². The second-order valence-electron chi connectivity index (χ2n) is 4.61. The van der Waals surface area contributed by atoms with Gasteiger partial charge in [0.15, 0.2) is 0 Å². The van der Waals surface area contributed by atoms with Crippen molar-refractivity contribution in [1.82, 2.24) is 4.90 Å². The minimum Gasteiger partial charge on any atom is -0.345 e. The standard InChI is InChI=1S/C16H17NO.C2H6/c1-12-7-6-8-13(11-12)14-9-4-5-10-15(14)16(18)17(2)3;1-2/h4-11H,1-3H3;1-2H3. The number of carbonyl (C=O) groups is 1. The molecule has 0 N–H and O–H groups in total. The average molecular weight is 269 g/mol. The molecule has 0 saturated carbocycles. The summed E-state index contributed by atoms with van der Waals surface area (Å²) in [5.41, 5.74) is 4.01. The molecule has 0 unspecified atom stereocenters. The molecule has 2 aromatic carbocycles. The fourth-order valence-corrected chi connectivity index (χ4v) is 1.97. The van der Waals surface area contributed by atoms with Crippen LogP contribution in [-0.2, 0) is 0 Å². The van der Waals surface area contributed by atoms with Gasteiger partial charge in [0, 0.05) is 19.7 Å². The van der Waals surface area contributed by atoms with Gasteiger partial charge in [-0.05, 0) is 24.1 Å². The summed E-state index contributed by atoms with van der Waals surface area (Å²) in [5.74, 6) is 0.0344. The van der Waals surface area contributed by atoms with Crippen molar-refractivity contribution in [2.75, 3.05) is 14.1 Å². The van der Waals surface area contributed by atoms with Gasteiger partial charge in [-0.15, -0.1) is 0 Å². The van der Waals surface area contributed by atoms with Crippen LogP contribution in [0.25, 0.3) is 11.1 Å². The van der Waals surface area contributed by atoms with E-state index in [4.69, 9.17) is 0 Å². The summed E-state index contributed by atoms with van der Waals surface area (Å²) in [5, 5.41) is 0. The number of hydrogen-bond donors (Lipinski definition) is 0. The van der Waals surface area contributed by atoms with Gasteiger partial charge in [0.05, 0.1) is 0 Å². The van der Waals surface area contributed by atoms with Crippen molar-refractivity contribution in [3.63, 3.8) is 0 Å². The van der Waals surface area contributed by atoms with Gasteiger partial charge < -0.3 is 4.90 Å². The lowest BCUT2D eigenvalue weighted by Crippen LogP contribution is -2.22. The lowest BCUT2D eigenvalue weighted by molar-refractivity contribution is 0.0828. The highest BCUT2D eigenvalue weighted by molar-refractivity contribution is 6.00. The molecular weight excluding hydrogens is 246 g/mol. The van der Waals surface area contributed by atoms with Crippen molar-refractivity contribution in [2.24, 2.45) is 0 Å². The molecule has 2 aromatic rings. The molecule has 0 aliphatic heterocycles. The summed E-state index contributed by atoms with van der Waals surface area (Å²) in [6.45, 7) is 6.06. The maximum Gasteiger partial charge on any atom is 0.253 e. The van der Waals surface area contributed by atoms with E-state index in [1.807, 2.05) is 50.2 Å². The zero-order valence-electron chi connectivity index (χ0n) is 13.0. The van der Waals surface area contributed by atoms with E-state index in [0.717, 1.165) is 16.7 Å². The fourth-order valence-electron chi connectivity index (χ4n) is 1.97. The first kappa shape index (κ1) is 16.0. The Balaban J connectivity index is 0.000000956. The number of rotatable bonds is 2. The van der Waals surface area contributed by atoms with E-state index >= 15 is 0 Å². The van der Waals surface area contributed by atoms with E-state index in [9.17, 15) is 4.79 Å². The van der Waals surface area contributed by atoms with Gasteiger partial charge in [-0.25, -0.2) is 0 Å². The zero-order chi connectivity index (χ0) is 15.1. The van der Waals surface area contributed by atoms with E-state index in [1.165, 1.54) is 5.56 Å². The van der Waals surface area contributed by atoms with Gasteiger partial charge in [0.25, 0.3) is 5.91 Å². The van der Waals surface area contributed by atoms with Crippen LogP contribution in [0, 0.1) is 6.92 Å². The molecule has 2 nitrogen and oxygen atoms in total. The predicted octanol–water partition coefficient (Wildman–Crippen LogP) is 4.39. The largest absolute Gasteiger partial charge is 0.345 e. The third-order valence-electron chi connectivity index (χ3n) is 2.89. The van der Waals surface area contributed by atoms with Crippen LogP contribution >= 0.6 is 0 Å². The molecule has 0 fully saturated rings. The number of aryl methyl sites for hydroxylation is 1. The van der Waals surface area contributed by atoms with Crippen LogP contribution in [0.15, 0.2) is 48.5 Å². The summed E-state index contributed by atoms with van der Waals surface area (Å²) < 4.78 is 0. The average Bonchev–Trinajstić information content (AvgIpc) is 2.48. The maximum atomic E-state index is 12.1. The number of amides is 1. The van der Waals surface area contributed by atoms with Gasteiger partial charge in [-0.3, -0.25) is 4.79 Å². The molecule has 0 radical (unpaired) electrons. The molecule has 0 bridgehead atoms. The van der Waals surface area contributed by atoms with Crippen molar-refractivity contribution in [3.05, 3.63) is 59.7 Å². The zero-order valence-corrected chi connectivity index (χ0v) is 13.0. The topological polar surface area (TPSA) is 20.3 Å². The van der Waals surface area contributed by atoms with Gasteiger partial charge >= 0.3 is 0 Å². The van der Waals surface area contributed by atoms with E-state index in [2.05, 4.69) is 19.1 Å². The monoisotopic (exact) mass is 269 g/mol. The first-order chi connectivity index (χ1) is 9.59. The Bertz CT molecular complexity index is 573. The second kappa shape index (κ2) is 7.49. The maximum absolute atomic E-state index is 12.1. The highest BCUT2D eigenvalue weighted by atomic mass is 16.2. The van der Waals surface area contributed by atoms with Gasteiger partial charge in [0.1, 0.15) is 0 Å². The minimum atomic E-state index is 0.0344. The molecule has 20 heavy (non-hydrogen) atoms. The van der Waals surface area contributed by atoms with Crippen LogP contribution in [0.1, 0.15) is 29.8 Å². The SMILES string of the molecule is CC.Cc1cccc(-c2ccccc2C(=O)N(C)C)c1. The van der Waals surface area contributed by atoms with E-state index in [0.29, 0.717) is 0 Å². The number of benzene rings is 2. The van der Waals surface area contributed by atoms with Crippen LogP contribution in [0.5, 0.6) is 0 Å². The molecule has 0 saturated heterocycles. The van der Waals surface area contributed by atoms with Crippen molar-refractivity contribution in [1.29, 1.82) is 0 Å². The third kappa shape index (κ3) is 3.70. The van der Waals surface area contributed by atoms with Crippen LogP contribution in [0.4, 0.5) is 0 Å². The Morgan fingerprint density at radius 3 is 2.20 bits per heavy atom. The Morgan fingerprint density at radius 1 is 0.950 bits per heavy atom. The van der Waals surface area contributed by atoms with Gasteiger partial charge in [-0.1, -0.05) is 61.9 Å². The van der Waals surface area contributed by atoms with Crippen LogP contribution in [0.3, 0.4) is 0 Å². The number of carbonyl (C=O) groups excluding carboxylic acids is 1. The molecule has 0 heterocycles. The summed E-state index contributed by atoms with van der Waals surface area (Å²) in [7, 11) is 3.55. The Labute approximate surface area is 122 Å². The lowest BCUT2D eigenvalue weighted by atomic mass is 9.98. The molecule has 0 aliphatic carbocycles. The Morgan fingerprint density at radius 2 is 1.60 bits per heavy atom. The van der Waals surface area contributed by atoms with Crippen molar-refractivity contribution < 1.29 is 4.79 Å². The lowest BCUT2D eigenvalue weighted by Gasteiger charge is -2.14. The van der Waals surface area contributed by atoms with Crippen molar-refractivity contribution >= 4 is 5.91 Å².